The molecule has 0 aromatic rings. The first kappa shape index (κ1) is 18.8. The Labute approximate surface area is 119 Å². The van der Waals surface area contributed by atoms with Crippen LogP contribution in [-0.2, 0) is 28.5 Å². The van der Waals surface area contributed by atoms with Crippen LogP contribution < -0.4 is 0 Å². The van der Waals surface area contributed by atoms with Gasteiger partial charge >= 0.3 is 11.8 Å². The summed E-state index contributed by atoms with van der Waals surface area (Å²) in [4.78, 5) is 26.4. The highest BCUT2D eigenvalue weighted by molar-refractivity contribution is 6.34. The van der Waals surface area contributed by atoms with Crippen molar-refractivity contribution in [3.05, 3.63) is 0 Å². The Morgan fingerprint density at radius 3 is 1.20 bits per heavy atom. The molecule has 20 heavy (non-hydrogen) atoms. The second-order valence-corrected chi connectivity index (χ2v) is 4.17. The van der Waals surface area contributed by atoms with Crippen LogP contribution in [0, 0.1) is 0 Å². The molecule has 2 amide bonds. The Kier molecular flexibility index (Phi) is 9.06. The average Bonchev–Trinajstić information content (AvgIpc) is 2.47. The first-order chi connectivity index (χ1) is 9.40. The number of amides is 2. The van der Waals surface area contributed by atoms with Crippen LogP contribution in [0.25, 0.3) is 0 Å². The van der Waals surface area contributed by atoms with Crippen molar-refractivity contribution < 1.29 is 28.5 Å². The van der Waals surface area contributed by atoms with E-state index in [1.54, 1.807) is 0 Å². The van der Waals surface area contributed by atoms with Gasteiger partial charge < -0.3 is 28.7 Å². The quantitative estimate of drug-likeness (QED) is 0.428. The van der Waals surface area contributed by atoms with E-state index < -0.39 is 24.4 Å². The molecule has 8 heteroatoms. The molecule has 0 aliphatic carbocycles. The van der Waals surface area contributed by atoms with Crippen molar-refractivity contribution in [3.8, 4) is 0 Å². The minimum absolute atomic E-state index is 0.156. The summed E-state index contributed by atoms with van der Waals surface area (Å²) < 4.78 is 19.9. The molecule has 0 spiro atoms. The van der Waals surface area contributed by atoms with E-state index in [0.717, 1.165) is 0 Å². The zero-order valence-electron chi connectivity index (χ0n) is 12.9. The highest BCUT2D eigenvalue weighted by atomic mass is 16.7. The van der Waals surface area contributed by atoms with Crippen molar-refractivity contribution in [1.82, 2.24) is 9.80 Å². The predicted molar refractivity (Wildman–Crippen MR) is 70.9 cm³/mol. The molecule has 0 saturated heterocycles. The zero-order valence-corrected chi connectivity index (χ0v) is 12.9. The Morgan fingerprint density at radius 2 is 1.00 bits per heavy atom. The van der Waals surface area contributed by atoms with Crippen molar-refractivity contribution in [2.45, 2.75) is 12.6 Å². The molecule has 0 aromatic carbocycles. The van der Waals surface area contributed by atoms with Gasteiger partial charge in [-0.3, -0.25) is 9.59 Å². The van der Waals surface area contributed by atoms with E-state index >= 15 is 0 Å². The molecule has 0 radical (unpaired) electrons. The van der Waals surface area contributed by atoms with Crippen LogP contribution in [0.3, 0.4) is 0 Å². The Balaban J connectivity index is 4.48. The number of hydrogen-bond acceptors (Lipinski definition) is 6. The first-order valence-corrected chi connectivity index (χ1v) is 6.02. The van der Waals surface area contributed by atoms with Crippen LogP contribution in [0.5, 0.6) is 0 Å². The third kappa shape index (κ3) is 5.83. The van der Waals surface area contributed by atoms with Crippen molar-refractivity contribution in [3.63, 3.8) is 0 Å². The van der Waals surface area contributed by atoms with Gasteiger partial charge in [-0.2, -0.15) is 0 Å². The molecule has 0 saturated carbocycles. The summed E-state index contributed by atoms with van der Waals surface area (Å²) in [5.74, 6) is -1.31. The molecule has 0 aliphatic rings. The lowest BCUT2D eigenvalue weighted by molar-refractivity contribution is -0.160. The summed E-state index contributed by atoms with van der Waals surface area (Å²) in [6, 6.07) is 0. The number of hydrogen-bond donors (Lipinski definition) is 0. The number of methoxy groups -OCH3 is 4. The van der Waals surface area contributed by atoms with Crippen LogP contribution in [0.4, 0.5) is 0 Å². The molecule has 0 unspecified atom stereocenters. The standard InChI is InChI=1S/C12H24N2O6/c1-13(7-9(17-3)18-4)11(15)12(16)14(2)8-10(19-5)20-6/h9-10H,7-8H2,1-6H3. The second kappa shape index (κ2) is 9.65. The average molecular weight is 292 g/mol. The SMILES string of the molecule is COC(CN(C)C(=O)C(=O)N(C)CC(OC)OC)OC. The lowest BCUT2D eigenvalue weighted by Gasteiger charge is -2.25. The van der Waals surface area contributed by atoms with Gasteiger partial charge in [-0.1, -0.05) is 0 Å². The molecule has 0 aliphatic heterocycles. The van der Waals surface area contributed by atoms with E-state index in [-0.39, 0.29) is 13.1 Å². The first-order valence-electron chi connectivity index (χ1n) is 6.02. The monoisotopic (exact) mass is 292 g/mol. The van der Waals surface area contributed by atoms with Gasteiger partial charge in [-0.25, -0.2) is 0 Å². The van der Waals surface area contributed by atoms with E-state index in [1.165, 1.54) is 52.3 Å². The van der Waals surface area contributed by atoms with Crippen LogP contribution in [0.1, 0.15) is 0 Å². The number of likely N-dealkylation sites (N-methyl/N-ethyl adjacent to an activating group) is 2. The fraction of sp³-hybridized carbons (Fsp3) is 0.833. The maximum atomic E-state index is 12.0. The fourth-order valence-electron chi connectivity index (χ4n) is 1.43. The Morgan fingerprint density at radius 1 is 0.750 bits per heavy atom. The summed E-state index contributed by atoms with van der Waals surface area (Å²) in [5.41, 5.74) is 0. The number of ether oxygens (including phenoxy) is 4. The summed E-state index contributed by atoms with van der Waals surface area (Å²) in [7, 11) is 8.85. The smallest absolute Gasteiger partial charge is 0.312 e. The molecule has 118 valence electrons. The topological polar surface area (TPSA) is 77.5 Å². The van der Waals surface area contributed by atoms with Gasteiger partial charge in [0.05, 0.1) is 13.1 Å². The third-order valence-electron chi connectivity index (χ3n) is 2.77. The van der Waals surface area contributed by atoms with Gasteiger partial charge in [0.2, 0.25) is 0 Å². The lowest BCUT2D eigenvalue weighted by Crippen LogP contribution is -2.47. The van der Waals surface area contributed by atoms with E-state index in [9.17, 15) is 9.59 Å². The van der Waals surface area contributed by atoms with Crippen LogP contribution >= 0.6 is 0 Å². The highest BCUT2D eigenvalue weighted by Gasteiger charge is 2.26. The molecule has 0 rings (SSSR count). The summed E-state index contributed by atoms with van der Waals surface area (Å²) in [6.07, 6.45) is -1.15. The molecule has 0 N–H and O–H groups in total. The number of carbonyl (C=O) groups is 2. The largest absolute Gasteiger partial charge is 0.354 e. The van der Waals surface area contributed by atoms with Crippen LogP contribution in [-0.4, -0.2) is 89.8 Å². The molecular formula is C12H24N2O6. The van der Waals surface area contributed by atoms with E-state index in [1.807, 2.05) is 0 Å². The summed E-state index contributed by atoms with van der Waals surface area (Å²) in [6.45, 7) is 0.312. The van der Waals surface area contributed by atoms with Gasteiger partial charge in [0.25, 0.3) is 0 Å². The van der Waals surface area contributed by atoms with Crippen molar-refractivity contribution in [1.29, 1.82) is 0 Å². The normalized spacial score (nSPS) is 11.0. The fourth-order valence-corrected chi connectivity index (χ4v) is 1.43. The number of nitrogens with zero attached hydrogens (tertiary/aromatic N) is 2. The minimum Gasteiger partial charge on any atom is -0.354 e. The third-order valence-corrected chi connectivity index (χ3v) is 2.77. The van der Waals surface area contributed by atoms with Gasteiger partial charge in [0.1, 0.15) is 0 Å². The maximum Gasteiger partial charge on any atom is 0.312 e. The van der Waals surface area contributed by atoms with Crippen LogP contribution in [0.2, 0.25) is 0 Å². The van der Waals surface area contributed by atoms with E-state index in [0.29, 0.717) is 0 Å². The van der Waals surface area contributed by atoms with Gasteiger partial charge in [0, 0.05) is 42.5 Å². The van der Waals surface area contributed by atoms with Crippen LogP contribution in [0.15, 0.2) is 0 Å². The molecule has 8 nitrogen and oxygen atoms in total. The van der Waals surface area contributed by atoms with E-state index in [2.05, 4.69) is 0 Å². The minimum atomic E-state index is -0.655. The number of carbonyl (C=O) groups excluding carboxylic acids is 2. The molecule has 0 heterocycles. The number of rotatable bonds is 8. The maximum absolute atomic E-state index is 12.0. The second-order valence-electron chi connectivity index (χ2n) is 4.17. The highest BCUT2D eigenvalue weighted by Crippen LogP contribution is 2.00. The van der Waals surface area contributed by atoms with Gasteiger partial charge in [0.15, 0.2) is 12.6 Å². The van der Waals surface area contributed by atoms with Crippen molar-refractivity contribution >= 4 is 11.8 Å². The van der Waals surface area contributed by atoms with Gasteiger partial charge in [-0.15, -0.1) is 0 Å². The lowest BCUT2D eigenvalue weighted by atomic mass is 10.4. The van der Waals surface area contributed by atoms with Crippen molar-refractivity contribution in [2.24, 2.45) is 0 Å². The molecule has 0 bridgehead atoms. The van der Waals surface area contributed by atoms with Gasteiger partial charge in [-0.05, 0) is 0 Å². The molecule has 0 fully saturated rings. The zero-order chi connectivity index (χ0) is 15.7. The molecular weight excluding hydrogens is 268 g/mol. The predicted octanol–water partition coefficient (Wildman–Crippen LogP) is -0.859. The van der Waals surface area contributed by atoms with E-state index in [4.69, 9.17) is 18.9 Å². The molecule has 0 aromatic heterocycles. The summed E-state index contributed by atoms with van der Waals surface area (Å²) >= 11 is 0. The summed E-state index contributed by atoms with van der Waals surface area (Å²) in [5, 5.41) is 0. The Bertz CT molecular complexity index is 274. The molecule has 0 atom stereocenters. The van der Waals surface area contributed by atoms with Crippen molar-refractivity contribution in [2.75, 3.05) is 55.6 Å². The Hall–Kier alpha value is -1.22.